The Morgan fingerprint density at radius 1 is 1.05 bits per heavy atom. The lowest BCUT2D eigenvalue weighted by Crippen LogP contribution is -2.04. The van der Waals surface area contributed by atoms with Crippen molar-refractivity contribution < 1.29 is 0 Å². The van der Waals surface area contributed by atoms with Crippen LogP contribution < -0.4 is 0 Å². The largest absolute Gasteiger partial charge is 0.284 e. The van der Waals surface area contributed by atoms with E-state index in [0.717, 1.165) is 34.0 Å². The van der Waals surface area contributed by atoms with Gasteiger partial charge < -0.3 is 0 Å². The Labute approximate surface area is 133 Å². The van der Waals surface area contributed by atoms with Gasteiger partial charge in [0.2, 0.25) is 0 Å². The van der Waals surface area contributed by atoms with Crippen LogP contribution in [0.3, 0.4) is 0 Å². The summed E-state index contributed by atoms with van der Waals surface area (Å²) in [5.41, 5.74) is 4.08. The molecule has 22 heavy (non-hydrogen) atoms. The summed E-state index contributed by atoms with van der Waals surface area (Å²) in [6.45, 7) is 2.46. The molecule has 0 fully saturated rings. The lowest BCUT2D eigenvalue weighted by atomic mass is 9.98. The van der Waals surface area contributed by atoms with Gasteiger partial charge in [-0.2, -0.15) is 0 Å². The zero-order valence-electron chi connectivity index (χ0n) is 12.0. The highest BCUT2D eigenvalue weighted by Gasteiger charge is 2.20. The molecule has 2 heterocycles. The highest BCUT2D eigenvalue weighted by Crippen LogP contribution is 2.35. The van der Waals surface area contributed by atoms with Crippen molar-refractivity contribution in [3.63, 3.8) is 0 Å². The van der Waals surface area contributed by atoms with Gasteiger partial charge in [0, 0.05) is 22.4 Å². The van der Waals surface area contributed by atoms with Crippen molar-refractivity contribution in [1.82, 2.24) is 14.8 Å². The van der Waals surface area contributed by atoms with Crippen molar-refractivity contribution in [3.8, 4) is 16.8 Å². The van der Waals surface area contributed by atoms with E-state index in [9.17, 15) is 0 Å². The molecule has 3 aromatic rings. The molecule has 1 aromatic heterocycles. The third-order valence-electron chi connectivity index (χ3n) is 3.82. The number of benzene rings is 2. The molecule has 5 heteroatoms. The fraction of sp³-hybridized carbons (Fsp3) is 0.118. The first-order chi connectivity index (χ1) is 10.8. The van der Waals surface area contributed by atoms with Gasteiger partial charge in [0.1, 0.15) is 5.82 Å². The first kappa shape index (κ1) is 13.2. The van der Waals surface area contributed by atoms with E-state index in [0.29, 0.717) is 11.6 Å². The minimum absolute atomic E-state index is 0.515. The van der Waals surface area contributed by atoms with Crippen LogP contribution in [0.5, 0.6) is 0 Å². The lowest BCUT2D eigenvalue weighted by molar-refractivity contribution is 0.862. The van der Waals surface area contributed by atoms with Crippen LogP contribution in [0.1, 0.15) is 17.2 Å². The van der Waals surface area contributed by atoms with Gasteiger partial charge in [-0.15, -0.1) is 10.2 Å². The Kier molecular flexibility index (Phi) is 3.05. The van der Waals surface area contributed by atoms with Crippen LogP contribution in [0.15, 0.2) is 47.5 Å². The van der Waals surface area contributed by atoms with Crippen LogP contribution in [0.25, 0.3) is 16.8 Å². The summed E-state index contributed by atoms with van der Waals surface area (Å²) in [6.07, 6.45) is 1.89. The van der Waals surface area contributed by atoms with Crippen LogP contribution in [-0.4, -0.2) is 21.0 Å². The molecule has 0 unspecified atom stereocenters. The van der Waals surface area contributed by atoms with Crippen LogP contribution >= 0.6 is 11.6 Å². The van der Waals surface area contributed by atoms with Crippen LogP contribution in [0.2, 0.25) is 5.02 Å². The van der Waals surface area contributed by atoms with E-state index >= 15 is 0 Å². The summed E-state index contributed by atoms with van der Waals surface area (Å²) in [7, 11) is 0. The molecule has 2 aromatic carbocycles. The number of rotatable bonds is 1. The molecule has 0 atom stereocenters. The SMILES string of the molecule is Cc1nnc2n1-c1ccc(Cl)c(-c3ccccc3)c1C=NC2. The Hall–Kier alpha value is -2.46. The van der Waals surface area contributed by atoms with Gasteiger partial charge in [0.25, 0.3) is 0 Å². The fourth-order valence-corrected chi connectivity index (χ4v) is 3.12. The molecule has 0 saturated carbocycles. The molecule has 0 saturated heterocycles. The first-order valence-electron chi connectivity index (χ1n) is 7.05. The van der Waals surface area contributed by atoms with E-state index in [4.69, 9.17) is 11.6 Å². The van der Waals surface area contributed by atoms with E-state index in [2.05, 4.69) is 27.3 Å². The molecule has 0 N–H and O–H groups in total. The number of aliphatic imine (C=N–C) groups is 1. The third kappa shape index (κ3) is 1.96. The van der Waals surface area contributed by atoms with Gasteiger partial charge in [0.15, 0.2) is 5.82 Å². The van der Waals surface area contributed by atoms with Crippen molar-refractivity contribution in [2.75, 3.05) is 0 Å². The molecule has 1 aliphatic heterocycles. The van der Waals surface area contributed by atoms with Gasteiger partial charge in [-0.05, 0) is 24.6 Å². The second kappa shape index (κ2) is 5.07. The van der Waals surface area contributed by atoms with Crippen LogP contribution in [-0.2, 0) is 6.54 Å². The summed E-state index contributed by atoms with van der Waals surface area (Å²) in [6, 6.07) is 14.0. The zero-order chi connectivity index (χ0) is 15.1. The molecule has 4 rings (SSSR count). The predicted octanol–water partition coefficient (Wildman–Crippen LogP) is 3.83. The van der Waals surface area contributed by atoms with Crippen molar-refractivity contribution in [1.29, 1.82) is 0 Å². The van der Waals surface area contributed by atoms with Crippen molar-refractivity contribution >= 4 is 17.8 Å². The molecular weight excluding hydrogens is 296 g/mol. The molecule has 0 spiro atoms. The maximum Gasteiger partial charge on any atom is 0.159 e. The first-order valence-corrected chi connectivity index (χ1v) is 7.42. The zero-order valence-corrected chi connectivity index (χ0v) is 12.7. The topological polar surface area (TPSA) is 43.1 Å². The average Bonchev–Trinajstić information content (AvgIpc) is 2.79. The lowest BCUT2D eigenvalue weighted by Gasteiger charge is -2.14. The third-order valence-corrected chi connectivity index (χ3v) is 4.13. The molecule has 1 aliphatic rings. The summed E-state index contributed by atoms with van der Waals surface area (Å²) >= 11 is 6.49. The van der Waals surface area contributed by atoms with Gasteiger partial charge in [-0.25, -0.2) is 0 Å². The number of fused-ring (bicyclic) bond motifs is 3. The van der Waals surface area contributed by atoms with Gasteiger partial charge >= 0.3 is 0 Å². The Morgan fingerprint density at radius 2 is 1.86 bits per heavy atom. The standard InChI is InChI=1S/C17H13ClN4/c1-11-20-21-16-10-19-9-13-15(22(11)16)8-7-14(18)17(13)12-5-3-2-4-6-12/h2-9H,10H2,1H3. The number of aromatic nitrogens is 3. The van der Waals surface area contributed by atoms with Gasteiger partial charge in [-0.1, -0.05) is 41.9 Å². The Morgan fingerprint density at radius 3 is 2.68 bits per heavy atom. The molecule has 0 amide bonds. The average molecular weight is 309 g/mol. The van der Waals surface area contributed by atoms with E-state index < -0.39 is 0 Å². The highest BCUT2D eigenvalue weighted by atomic mass is 35.5. The quantitative estimate of drug-likeness (QED) is 0.685. The number of halogens is 1. The van der Waals surface area contributed by atoms with Crippen molar-refractivity contribution in [3.05, 3.63) is 64.7 Å². The number of aryl methyl sites for hydroxylation is 1. The van der Waals surface area contributed by atoms with Crippen molar-refractivity contribution in [2.45, 2.75) is 13.5 Å². The smallest absolute Gasteiger partial charge is 0.159 e. The molecular formula is C17H13ClN4. The summed E-state index contributed by atoms with van der Waals surface area (Å²) in [4.78, 5) is 4.49. The van der Waals surface area contributed by atoms with E-state index in [1.165, 1.54) is 0 Å². The predicted molar refractivity (Wildman–Crippen MR) is 87.8 cm³/mol. The van der Waals surface area contributed by atoms with E-state index in [-0.39, 0.29) is 0 Å². The maximum absolute atomic E-state index is 6.49. The van der Waals surface area contributed by atoms with Gasteiger partial charge in [0.05, 0.1) is 12.2 Å². The van der Waals surface area contributed by atoms with Crippen LogP contribution in [0.4, 0.5) is 0 Å². The monoisotopic (exact) mass is 308 g/mol. The number of hydrogen-bond donors (Lipinski definition) is 0. The number of hydrogen-bond acceptors (Lipinski definition) is 3. The second-order valence-electron chi connectivity index (χ2n) is 5.19. The molecule has 0 bridgehead atoms. The summed E-state index contributed by atoms with van der Waals surface area (Å²) in [5, 5.41) is 9.09. The molecule has 108 valence electrons. The second-order valence-corrected chi connectivity index (χ2v) is 5.60. The van der Waals surface area contributed by atoms with Crippen LogP contribution in [0, 0.1) is 6.92 Å². The highest BCUT2D eigenvalue weighted by molar-refractivity contribution is 6.34. The Balaban J connectivity index is 2.06. The van der Waals surface area contributed by atoms with E-state index in [1.54, 1.807) is 0 Å². The maximum atomic E-state index is 6.49. The van der Waals surface area contributed by atoms with Gasteiger partial charge in [-0.3, -0.25) is 9.56 Å². The van der Waals surface area contributed by atoms with E-state index in [1.807, 2.05) is 48.0 Å². The Bertz CT molecular complexity index is 881. The minimum atomic E-state index is 0.515. The molecule has 0 radical (unpaired) electrons. The minimum Gasteiger partial charge on any atom is -0.284 e. The normalized spacial score (nSPS) is 12.6. The number of nitrogens with zero attached hydrogens (tertiary/aromatic N) is 4. The fourth-order valence-electron chi connectivity index (χ4n) is 2.85. The molecule has 4 nitrogen and oxygen atoms in total. The summed E-state index contributed by atoms with van der Waals surface area (Å²) < 4.78 is 2.05. The van der Waals surface area contributed by atoms with Crippen molar-refractivity contribution in [2.24, 2.45) is 4.99 Å². The summed E-state index contributed by atoms with van der Waals surface area (Å²) in [5.74, 6) is 1.69. The molecule has 0 aliphatic carbocycles.